The number of hydrogen-bond acceptors (Lipinski definition) is 4. The molecule has 1 atom stereocenters. The van der Waals surface area contributed by atoms with Crippen molar-refractivity contribution in [3.63, 3.8) is 0 Å². The van der Waals surface area contributed by atoms with Crippen molar-refractivity contribution >= 4 is 23.5 Å². The lowest BCUT2D eigenvalue weighted by Crippen LogP contribution is -2.25. The normalized spacial score (nSPS) is 12.1. The van der Waals surface area contributed by atoms with E-state index in [1.54, 1.807) is 30.3 Å². The van der Waals surface area contributed by atoms with Gasteiger partial charge in [-0.05, 0) is 30.7 Å². The van der Waals surface area contributed by atoms with Crippen LogP contribution in [0.4, 0.5) is 5.82 Å². The number of furan rings is 1. The van der Waals surface area contributed by atoms with Crippen LogP contribution in [-0.4, -0.2) is 16.1 Å². The van der Waals surface area contributed by atoms with Gasteiger partial charge >= 0.3 is 0 Å². The Morgan fingerprint density at radius 2 is 2.32 bits per heavy atom. The maximum Gasteiger partial charge on any atom is 0.238 e. The van der Waals surface area contributed by atoms with Gasteiger partial charge in [-0.1, -0.05) is 13.0 Å². The topological polar surface area (TPSA) is 55.1 Å². The lowest BCUT2D eigenvalue weighted by Gasteiger charge is -2.13. The molecule has 1 unspecified atom stereocenters. The van der Waals surface area contributed by atoms with Crippen molar-refractivity contribution in [3.8, 4) is 0 Å². The second kappa shape index (κ2) is 6.99. The Bertz CT molecular complexity index is 499. The van der Waals surface area contributed by atoms with Gasteiger partial charge in [-0.2, -0.15) is 0 Å². The van der Waals surface area contributed by atoms with Gasteiger partial charge in [0.25, 0.3) is 0 Å². The first-order valence-electron chi connectivity index (χ1n) is 6.15. The van der Waals surface area contributed by atoms with Gasteiger partial charge in [0.15, 0.2) is 0 Å². The van der Waals surface area contributed by atoms with Crippen LogP contribution >= 0.6 is 11.8 Å². The molecule has 0 aliphatic carbocycles. The van der Waals surface area contributed by atoms with Crippen LogP contribution in [-0.2, 0) is 10.5 Å². The zero-order valence-corrected chi connectivity index (χ0v) is 11.5. The van der Waals surface area contributed by atoms with E-state index in [0.717, 1.165) is 12.2 Å². The molecular formula is C14H16N2O2S. The fourth-order valence-corrected chi connectivity index (χ4v) is 2.58. The quantitative estimate of drug-likeness (QED) is 0.879. The maximum atomic E-state index is 12.1. The highest BCUT2D eigenvalue weighted by Crippen LogP contribution is 2.21. The molecule has 5 heteroatoms. The molecule has 0 aliphatic rings. The molecule has 0 aliphatic heterocycles. The molecule has 0 saturated heterocycles. The highest BCUT2D eigenvalue weighted by Gasteiger charge is 2.17. The third kappa shape index (κ3) is 4.13. The molecular weight excluding hydrogens is 260 g/mol. The fourth-order valence-electron chi connectivity index (χ4n) is 1.60. The second-order valence-corrected chi connectivity index (χ2v) is 5.18. The minimum atomic E-state index is -0.105. The van der Waals surface area contributed by atoms with E-state index in [9.17, 15) is 4.79 Å². The van der Waals surface area contributed by atoms with E-state index in [-0.39, 0.29) is 11.2 Å². The number of carbonyl (C=O) groups excluding carboxylic acids is 1. The molecule has 19 heavy (non-hydrogen) atoms. The molecule has 2 aromatic heterocycles. The number of pyridine rings is 1. The van der Waals surface area contributed by atoms with Crippen LogP contribution in [0.25, 0.3) is 0 Å². The lowest BCUT2D eigenvalue weighted by molar-refractivity contribution is -0.115. The summed E-state index contributed by atoms with van der Waals surface area (Å²) in [7, 11) is 0. The number of amides is 1. The minimum absolute atomic E-state index is 0.0160. The molecule has 0 aromatic carbocycles. The summed E-state index contributed by atoms with van der Waals surface area (Å²) in [6.07, 6.45) is 4.07. The van der Waals surface area contributed by atoms with E-state index >= 15 is 0 Å². The van der Waals surface area contributed by atoms with E-state index in [4.69, 9.17) is 4.42 Å². The average Bonchev–Trinajstić information content (AvgIpc) is 2.94. The van der Waals surface area contributed by atoms with Crippen molar-refractivity contribution in [2.75, 3.05) is 5.32 Å². The van der Waals surface area contributed by atoms with Gasteiger partial charge in [-0.15, -0.1) is 11.8 Å². The molecule has 0 radical (unpaired) electrons. The van der Waals surface area contributed by atoms with Crippen molar-refractivity contribution in [2.45, 2.75) is 24.3 Å². The Morgan fingerprint density at radius 3 is 2.95 bits per heavy atom. The smallest absolute Gasteiger partial charge is 0.238 e. The van der Waals surface area contributed by atoms with Crippen LogP contribution in [0.1, 0.15) is 19.1 Å². The first-order valence-corrected chi connectivity index (χ1v) is 7.20. The van der Waals surface area contributed by atoms with Crippen LogP contribution in [0.3, 0.4) is 0 Å². The van der Waals surface area contributed by atoms with Crippen molar-refractivity contribution in [3.05, 3.63) is 48.6 Å². The molecule has 100 valence electrons. The number of anilines is 1. The molecule has 0 bridgehead atoms. The number of hydrogen-bond donors (Lipinski definition) is 1. The molecule has 1 amide bonds. The van der Waals surface area contributed by atoms with Crippen molar-refractivity contribution < 1.29 is 9.21 Å². The third-order valence-corrected chi connectivity index (χ3v) is 3.99. The predicted octanol–water partition coefficient (Wildman–Crippen LogP) is 3.33. The average molecular weight is 276 g/mol. The molecule has 0 spiro atoms. The van der Waals surface area contributed by atoms with Crippen LogP contribution in [0.15, 0.2) is 47.2 Å². The number of carbonyl (C=O) groups is 1. The summed E-state index contributed by atoms with van der Waals surface area (Å²) in [5.74, 6) is 2.15. The van der Waals surface area contributed by atoms with Crippen molar-refractivity contribution in [1.82, 2.24) is 4.98 Å². The SMILES string of the molecule is CCC(SCc1ccco1)C(=O)Nc1ccccn1. The van der Waals surface area contributed by atoms with Gasteiger partial charge in [0.05, 0.1) is 17.3 Å². The summed E-state index contributed by atoms with van der Waals surface area (Å²) in [5, 5.41) is 2.72. The van der Waals surface area contributed by atoms with E-state index in [1.807, 2.05) is 31.2 Å². The first kappa shape index (κ1) is 13.7. The van der Waals surface area contributed by atoms with Crippen LogP contribution in [0.5, 0.6) is 0 Å². The maximum absolute atomic E-state index is 12.1. The first-order chi connectivity index (χ1) is 9.29. The lowest BCUT2D eigenvalue weighted by atomic mass is 10.3. The number of thioether (sulfide) groups is 1. The Balaban J connectivity index is 1.88. The molecule has 0 fully saturated rings. The summed E-state index contributed by atoms with van der Waals surface area (Å²) in [5.41, 5.74) is 0. The molecule has 1 N–H and O–H groups in total. The van der Waals surface area contributed by atoms with Crippen molar-refractivity contribution in [1.29, 1.82) is 0 Å². The van der Waals surface area contributed by atoms with Crippen LogP contribution in [0, 0.1) is 0 Å². The van der Waals surface area contributed by atoms with Crippen LogP contribution < -0.4 is 5.32 Å². The van der Waals surface area contributed by atoms with Crippen LogP contribution in [0.2, 0.25) is 0 Å². The molecule has 2 aromatic rings. The Kier molecular flexibility index (Phi) is 5.03. The standard InChI is InChI=1S/C14H16N2O2S/c1-2-12(19-10-11-6-5-9-18-11)14(17)16-13-7-3-4-8-15-13/h3-9,12H,2,10H2,1H3,(H,15,16,17). The number of rotatable bonds is 6. The Hall–Kier alpha value is -1.75. The second-order valence-electron chi connectivity index (χ2n) is 3.99. The number of aromatic nitrogens is 1. The van der Waals surface area contributed by atoms with Gasteiger partial charge in [-0.3, -0.25) is 4.79 Å². The Labute approximate surface area is 116 Å². The fraction of sp³-hybridized carbons (Fsp3) is 0.286. The number of nitrogens with zero attached hydrogens (tertiary/aromatic N) is 1. The van der Waals surface area contributed by atoms with Gasteiger partial charge in [0, 0.05) is 6.20 Å². The van der Waals surface area contributed by atoms with Gasteiger partial charge in [0.2, 0.25) is 5.91 Å². The molecule has 4 nitrogen and oxygen atoms in total. The molecule has 2 rings (SSSR count). The zero-order chi connectivity index (χ0) is 13.5. The zero-order valence-electron chi connectivity index (χ0n) is 10.7. The van der Waals surface area contributed by atoms with E-state index in [1.165, 1.54) is 0 Å². The third-order valence-electron chi connectivity index (χ3n) is 2.59. The highest BCUT2D eigenvalue weighted by atomic mass is 32.2. The minimum Gasteiger partial charge on any atom is -0.468 e. The predicted molar refractivity (Wildman–Crippen MR) is 76.9 cm³/mol. The summed E-state index contributed by atoms with van der Waals surface area (Å²) < 4.78 is 5.26. The van der Waals surface area contributed by atoms with E-state index in [0.29, 0.717) is 11.6 Å². The summed E-state index contributed by atoms with van der Waals surface area (Å²) >= 11 is 1.57. The summed E-state index contributed by atoms with van der Waals surface area (Å²) in [6, 6.07) is 9.21. The summed E-state index contributed by atoms with van der Waals surface area (Å²) in [6.45, 7) is 2.00. The van der Waals surface area contributed by atoms with Gasteiger partial charge in [-0.25, -0.2) is 4.98 Å². The Morgan fingerprint density at radius 1 is 1.42 bits per heavy atom. The summed E-state index contributed by atoms with van der Waals surface area (Å²) in [4.78, 5) is 16.2. The van der Waals surface area contributed by atoms with E-state index < -0.39 is 0 Å². The molecule has 0 saturated carbocycles. The number of nitrogens with one attached hydrogen (secondary N) is 1. The van der Waals surface area contributed by atoms with E-state index in [2.05, 4.69) is 10.3 Å². The largest absolute Gasteiger partial charge is 0.468 e. The highest BCUT2D eigenvalue weighted by molar-refractivity contribution is 7.99. The molecule has 2 heterocycles. The van der Waals surface area contributed by atoms with Crippen molar-refractivity contribution in [2.24, 2.45) is 0 Å². The van der Waals surface area contributed by atoms with Gasteiger partial charge < -0.3 is 9.73 Å². The van der Waals surface area contributed by atoms with Gasteiger partial charge in [0.1, 0.15) is 11.6 Å². The monoisotopic (exact) mass is 276 g/mol.